The minimum Gasteiger partial charge on any atom is -0.394 e. The van der Waals surface area contributed by atoms with Crippen molar-refractivity contribution in [2.24, 2.45) is 0 Å². The number of hydrogen-bond donors (Lipinski definition) is 2. The van der Waals surface area contributed by atoms with Gasteiger partial charge in [-0.25, -0.2) is 4.79 Å². The van der Waals surface area contributed by atoms with Crippen molar-refractivity contribution in [3.05, 3.63) is 27.9 Å². The molecule has 1 unspecified atom stereocenters. The minimum absolute atomic E-state index is 0.144. The summed E-state index contributed by atoms with van der Waals surface area (Å²) < 4.78 is 1.45. The van der Waals surface area contributed by atoms with Gasteiger partial charge in [-0.2, -0.15) is 0 Å². The fourth-order valence-corrected chi connectivity index (χ4v) is 6.70. The van der Waals surface area contributed by atoms with Crippen LogP contribution >= 0.6 is 79.4 Å². The van der Waals surface area contributed by atoms with Gasteiger partial charge >= 0.3 is 6.03 Å². The molecule has 1 rings (SSSR count). The normalized spacial score (nSPS) is 11.8. The van der Waals surface area contributed by atoms with Crippen molar-refractivity contribution in [3.8, 4) is 0 Å². The third-order valence-electron chi connectivity index (χ3n) is 3.04. The van der Waals surface area contributed by atoms with Gasteiger partial charge in [0.05, 0.1) is 30.4 Å². The summed E-state index contributed by atoms with van der Waals surface area (Å²) in [6.07, 6.45) is -1.28. The molecule has 0 aliphatic rings. The lowest BCUT2D eigenvalue weighted by atomic mass is 10.1. The molecule has 138 valence electrons. The van der Waals surface area contributed by atoms with Gasteiger partial charge in [0.1, 0.15) is 0 Å². The van der Waals surface area contributed by atoms with E-state index in [2.05, 4.69) is 0 Å². The van der Waals surface area contributed by atoms with E-state index in [1.54, 1.807) is 6.07 Å². The van der Waals surface area contributed by atoms with Crippen LogP contribution in [0.2, 0.25) is 0 Å². The van der Waals surface area contributed by atoms with Crippen molar-refractivity contribution in [2.75, 3.05) is 27.2 Å². The number of nitrogens with zero attached hydrogens (tertiary/aromatic N) is 2. The van der Waals surface area contributed by atoms with Crippen LogP contribution in [0.4, 0.5) is 4.79 Å². The van der Waals surface area contributed by atoms with Crippen LogP contribution in [0.5, 0.6) is 0 Å². The van der Waals surface area contributed by atoms with Crippen molar-refractivity contribution in [2.45, 2.75) is 6.10 Å². The quantitative estimate of drug-likeness (QED) is 0.363. The highest BCUT2D eigenvalue weighted by atomic mass is 127. The summed E-state index contributed by atoms with van der Waals surface area (Å²) in [6, 6.07) is 0.966. The number of benzene rings is 1. The molecule has 0 aromatic heterocycles. The van der Waals surface area contributed by atoms with Gasteiger partial charge in [-0.3, -0.25) is 14.5 Å². The Labute approximate surface area is 190 Å². The van der Waals surface area contributed by atoms with E-state index in [1.165, 1.54) is 19.0 Å². The van der Waals surface area contributed by atoms with Gasteiger partial charge in [-0.1, -0.05) is 0 Å². The molecule has 2 N–H and O–H groups in total. The molecule has 0 heterocycles. The first-order valence-corrected chi connectivity index (χ1v) is 10.3. The predicted molar refractivity (Wildman–Crippen MR) is 118 cm³/mol. The summed E-state index contributed by atoms with van der Waals surface area (Å²) in [6.45, 7) is -0.981. The number of halogens is 4. The Bertz CT molecular complexity index is 714. The SMILES string of the molecule is CN(C)C(=O)N(CC(O)CO)C(=O)c1c(I)cc(I)c(C(=O)Cl)c1I. The number of imide groups is 1. The molecule has 0 aliphatic heterocycles. The van der Waals surface area contributed by atoms with Gasteiger partial charge in [0.2, 0.25) is 0 Å². The second-order valence-electron chi connectivity index (χ2n) is 5.11. The van der Waals surface area contributed by atoms with E-state index in [0.29, 0.717) is 10.7 Å². The lowest BCUT2D eigenvalue weighted by molar-refractivity contribution is 0.0503. The molecule has 7 nitrogen and oxygen atoms in total. The molecule has 25 heavy (non-hydrogen) atoms. The Hall–Kier alpha value is 0.230. The lowest BCUT2D eigenvalue weighted by Gasteiger charge is -2.27. The fourth-order valence-electron chi connectivity index (χ4n) is 1.86. The molecule has 0 saturated carbocycles. The maximum atomic E-state index is 13.0. The molecule has 0 saturated heterocycles. The molecule has 3 amide bonds. The first-order valence-electron chi connectivity index (χ1n) is 6.72. The van der Waals surface area contributed by atoms with Crippen molar-refractivity contribution in [1.29, 1.82) is 0 Å². The van der Waals surface area contributed by atoms with Crippen LogP contribution in [0, 0.1) is 10.7 Å². The topological polar surface area (TPSA) is 98.2 Å². The summed E-state index contributed by atoms with van der Waals surface area (Å²) in [5, 5.41) is 18.0. The molecule has 1 atom stereocenters. The highest BCUT2D eigenvalue weighted by Crippen LogP contribution is 2.30. The van der Waals surface area contributed by atoms with E-state index in [0.717, 1.165) is 4.90 Å². The van der Waals surface area contributed by atoms with E-state index in [-0.39, 0.29) is 17.7 Å². The van der Waals surface area contributed by atoms with Gasteiger partial charge in [-0.05, 0) is 85.4 Å². The third-order valence-corrected chi connectivity index (χ3v) is 6.01. The average molecular weight is 706 g/mol. The molecule has 1 aromatic carbocycles. The molecular formula is C14H14ClI3N2O5. The molecule has 0 aliphatic carbocycles. The van der Waals surface area contributed by atoms with Crippen LogP contribution < -0.4 is 0 Å². The summed E-state index contributed by atoms with van der Waals surface area (Å²) in [4.78, 5) is 39.0. The Morgan fingerprint density at radius 3 is 2.12 bits per heavy atom. The van der Waals surface area contributed by atoms with Gasteiger partial charge in [0.15, 0.2) is 0 Å². The molecular weight excluding hydrogens is 692 g/mol. The Morgan fingerprint density at radius 1 is 1.16 bits per heavy atom. The third kappa shape index (κ3) is 5.60. The monoisotopic (exact) mass is 706 g/mol. The van der Waals surface area contributed by atoms with E-state index < -0.39 is 29.9 Å². The van der Waals surface area contributed by atoms with Crippen molar-refractivity contribution in [3.63, 3.8) is 0 Å². The summed E-state index contributed by atoms with van der Waals surface area (Å²) in [5.74, 6) is -0.685. The van der Waals surface area contributed by atoms with E-state index >= 15 is 0 Å². The van der Waals surface area contributed by atoms with E-state index in [1.807, 2.05) is 67.8 Å². The maximum Gasteiger partial charge on any atom is 0.326 e. The standard InChI is InChI=1S/C14H14ClI3N2O5/c1-19(2)14(25)20(4-6(22)5-21)13(24)10-8(17)3-7(16)9(11(10)18)12(15)23/h3,6,21-22H,4-5H2,1-2H3. The smallest absolute Gasteiger partial charge is 0.326 e. The van der Waals surface area contributed by atoms with Gasteiger partial charge in [0.25, 0.3) is 11.1 Å². The van der Waals surface area contributed by atoms with Crippen molar-refractivity contribution >= 4 is 96.6 Å². The highest BCUT2D eigenvalue weighted by molar-refractivity contribution is 14.1. The van der Waals surface area contributed by atoms with Crippen LogP contribution in [0.3, 0.4) is 0 Å². The summed E-state index contributed by atoms with van der Waals surface area (Å²) in [5.41, 5.74) is 0.331. The predicted octanol–water partition coefficient (Wildman–Crippen LogP) is 2.36. The number of hydrogen-bond acceptors (Lipinski definition) is 5. The van der Waals surface area contributed by atoms with Gasteiger partial charge in [-0.15, -0.1) is 0 Å². The maximum absolute atomic E-state index is 13.0. The molecule has 1 aromatic rings. The molecule has 11 heteroatoms. The van der Waals surface area contributed by atoms with E-state index in [9.17, 15) is 19.5 Å². The molecule has 0 radical (unpaired) electrons. The van der Waals surface area contributed by atoms with Crippen LogP contribution in [0.25, 0.3) is 0 Å². The minimum atomic E-state index is -1.28. The number of carbonyl (C=O) groups excluding carboxylic acids is 3. The van der Waals surface area contributed by atoms with Crippen molar-refractivity contribution < 1.29 is 24.6 Å². The molecule has 0 spiro atoms. The van der Waals surface area contributed by atoms with Crippen LogP contribution in [0.1, 0.15) is 20.7 Å². The molecule has 0 fully saturated rings. The van der Waals surface area contributed by atoms with Crippen LogP contribution in [-0.4, -0.2) is 70.5 Å². The largest absolute Gasteiger partial charge is 0.394 e. The number of aliphatic hydroxyl groups is 2. The number of amides is 3. The number of rotatable bonds is 5. The summed E-state index contributed by atoms with van der Waals surface area (Å²) in [7, 11) is 2.93. The first-order chi connectivity index (χ1) is 11.5. The Balaban J connectivity index is 3.50. The zero-order chi connectivity index (χ0) is 19.5. The number of carbonyl (C=O) groups is 3. The average Bonchev–Trinajstić information content (AvgIpc) is 2.50. The van der Waals surface area contributed by atoms with Crippen LogP contribution in [0.15, 0.2) is 6.07 Å². The zero-order valence-corrected chi connectivity index (χ0v) is 20.3. The second-order valence-corrected chi connectivity index (χ2v) is 8.85. The Kier molecular flexibility index (Phi) is 9.27. The summed E-state index contributed by atoms with van der Waals surface area (Å²) >= 11 is 11.3. The zero-order valence-electron chi connectivity index (χ0n) is 13.1. The first kappa shape index (κ1) is 23.3. The number of urea groups is 1. The lowest BCUT2D eigenvalue weighted by Crippen LogP contribution is -2.48. The van der Waals surface area contributed by atoms with Gasteiger partial charge < -0.3 is 15.1 Å². The van der Waals surface area contributed by atoms with Gasteiger partial charge in [0, 0.05) is 24.8 Å². The second kappa shape index (κ2) is 9.96. The number of aliphatic hydroxyl groups excluding tert-OH is 2. The van der Waals surface area contributed by atoms with Crippen molar-refractivity contribution in [1.82, 2.24) is 9.80 Å². The molecule has 0 bridgehead atoms. The fraction of sp³-hybridized carbons (Fsp3) is 0.357. The Morgan fingerprint density at radius 2 is 1.68 bits per heavy atom. The van der Waals surface area contributed by atoms with Crippen LogP contribution in [-0.2, 0) is 0 Å². The van der Waals surface area contributed by atoms with E-state index in [4.69, 9.17) is 16.7 Å². The highest BCUT2D eigenvalue weighted by Gasteiger charge is 2.31.